The van der Waals surface area contributed by atoms with Gasteiger partial charge in [-0.05, 0) is 48.4 Å². The third kappa shape index (κ3) is 1.95. The molecule has 124 valence electrons. The van der Waals surface area contributed by atoms with Gasteiger partial charge in [0.2, 0.25) is 9.84 Å². The van der Waals surface area contributed by atoms with Crippen LogP contribution in [-0.2, 0) is 16.3 Å². The van der Waals surface area contributed by atoms with Crippen molar-refractivity contribution in [2.75, 3.05) is 4.90 Å². The first-order valence-corrected chi connectivity index (χ1v) is 10.4. The van der Waals surface area contributed by atoms with E-state index in [2.05, 4.69) is 30.1 Å². The highest BCUT2D eigenvalue weighted by molar-refractivity contribution is 8.00. The topological polar surface area (TPSA) is 50.3 Å². The lowest BCUT2D eigenvalue weighted by atomic mass is 10.1. The van der Waals surface area contributed by atoms with Crippen molar-refractivity contribution in [1.82, 2.24) is 4.98 Å². The zero-order valence-electron chi connectivity index (χ0n) is 13.4. The monoisotopic (exact) mass is 366 g/mol. The molecule has 2 aliphatic rings. The summed E-state index contributed by atoms with van der Waals surface area (Å²) in [5.74, 6) is 0.484. The minimum absolute atomic E-state index is 0.263. The average molecular weight is 366 g/mol. The van der Waals surface area contributed by atoms with Crippen LogP contribution in [0.2, 0.25) is 0 Å². The van der Waals surface area contributed by atoms with E-state index in [0.717, 1.165) is 27.6 Å². The van der Waals surface area contributed by atoms with E-state index in [-0.39, 0.29) is 4.90 Å². The number of aryl methyl sites for hydroxylation is 1. The number of hydrogen-bond acceptors (Lipinski definition) is 5. The van der Waals surface area contributed by atoms with Crippen LogP contribution in [0.5, 0.6) is 0 Å². The van der Waals surface area contributed by atoms with Gasteiger partial charge >= 0.3 is 0 Å². The molecule has 0 radical (unpaired) electrons. The summed E-state index contributed by atoms with van der Waals surface area (Å²) in [5, 5.41) is 0. The van der Waals surface area contributed by atoms with Gasteiger partial charge < -0.3 is 0 Å². The first kappa shape index (κ1) is 15.0. The second-order valence-corrected chi connectivity index (χ2v) is 8.99. The van der Waals surface area contributed by atoms with Crippen LogP contribution in [0.1, 0.15) is 12.5 Å². The van der Waals surface area contributed by atoms with E-state index in [1.807, 2.05) is 17.0 Å². The van der Waals surface area contributed by atoms with E-state index in [9.17, 15) is 8.42 Å². The normalized spacial score (nSPS) is 16.0. The lowest BCUT2D eigenvalue weighted by Crippen LogP contribution is -2.25. The summed E-state index contributed by atoms with van der Waals surface area (Å²) < 4.78 is 26.2. The van der Waals surface area contributed by atoms with Crippen LogP contribution < -0.4 is 4.90 Å². The van der Waals surface area contributed by atoms with Gasteiger partial charge in [0.05, 0.1) is 16.3 Å². The standard InChI is InChI=1S/C19H14N2O2S2/c1-2-12-8-9-14-13(11-12)21-18-15(24-14)5-3-6-16(18)25(22,23)17-7-4-10-20-19(17)21/h3-11H,2H2,1H3. The fourth-order valence-corrected chi connectivity index (χ4v) is 6.13. The maximum absolute atomic E-state index is 13.1. The van der Waals surface area contributed by atoms with Gasteiger partial charge in [0, 0.05) is 16.0 Å². The predicted molar refractivity (Wildman–Crippen MR) is 97.9 cm³/mol. The molecular formula is C19H14N2O2S2. The molecule has 0 atom stereocenters. The first-order chi connectivity index (χ1) is 12.1. The van der Waals surface area contributed by atoms with Crippen LogP contribution in [0.4, 0.5) is 17.2 Å². The van der Waals surface area contributed by atoms with Crippen molar-refractivity contribution in [1.29, 1.82) is 0 Å². The number of fused-ring (bicyclic) bond motifs is 4. The molecule has 0 saturated heterocycles. The van der Waals surface area contributed by atoms with E-state index >= 15 is 0 Å². The molecule has 3 aromatic rings. The summed E-state index contributed by atoms with van der Waals surface area (Å²) in [6.07, 6.45) is 2.57. The molecule has 0 spiro atoms. The molecule has 2 aliphatic heterocycles. The van der Waals surface area contributed by atoms with Crippen molar-refractivity contribution in [3.05, 3.63) is 60.3 Å². The zero-order chi connectivity index (χ0) is 17.2. The smallest absolute Gasteiger partial charge is 0.212 e. The Morgan fingerprint density at radius 1 is 1.04 bits per heavy atom. The van der Waals surface area contributed by atoms with E-state index < -0.39 is 9.84 Å². The number of nitrogens with zero attached hydrogens (tertiary/aromatic N) is 2. The van der Waals surface area contributed by atoms with Crippen LogP contribution in [0.15, 0.2) is 74.3 Å². The van der Waals surface area contributed by atoms with Gasteiger partial charge in [-0.25, -0.2) is 13.4 Å². The zero-order valence-corrected chi connectivity index (χ0v) is 15.1. The molecule has 0 saturated carbocycles. The second-order valence-electron chi connectivity index (χ2n) is 6.02. The SMILES string of the molecule is CCc1ccc2c(c1)N1c3ncccc3S(=O)(=O)c3cccc(c31)S2. The molecule has 2 aromatic carbocycles. The maximum Gasteiger partial charge on any atom is 0.212 e. The minimum Gasteiger partial charge on any atom is -0.290 e. The molecule has 0 bridgehead atoms. The highest BCUT2D eigenvalue weighted by Gasteiger charge is 2.40. The van der Waals surface area contributed by atoms with Gasteiger partial charge in [0.15, 0.2) is 5.82 Å². The summed E-state index contributed by atoms with van der Waals surface area (Å²) in [7, 11) is -3.57. The third-order valence-electron chi connectivity index (χ3n) is 4.62. The molecule has 0 N–H and O–H groups in total. The van der Waals surface area contributed by atoms with Gasteiger partial charge in [-0.1, -0.05) is 30.8 Å². The molecule has 0 fully saturated rings. The van der Waals surface area contributed by atoms with Crippen molar-refractivity contribution >= 4 is 38.8 Å². The largest absolute Gasteiger partial charge is 0.290 e. The van der Waals surface area contributed by atoms with Gasteiger partial charge in [0.1, 0.15) is 4.90 Å². The molecule has 4 nitrogen and oxygen atoms in total. The summed E-state index contributed by atoms with van der Waals surface area (Å²) in [4.78, 5) is 9.10. The lowest BCUT2D eigenvalue weighted by molar-refractivity contribution is 0.594. The predicted octanol–water partition coefficient (Wildman–Crippen LogP) is 4.72. The molecular weight excluding hydrogens is 352 g/mol. The summed E-state index contributed by atoms with van der Waals surface area (Å²) in [6, 6.07) is 15.2. The Balaban J connectivity index is 1.91. The van der Waals surface area contributed by atoms with Gasteiger partial charge in [-0.15, -0.1) is 0 Å². The number of para-hydroxylation sites is 1. The molecule has 6 heteroatoms. The maximum atomic E-state index is 13.1. The van der Waals surface area contributed by atoms with Gasteiger partial charge in [-0.3, -0.25) is 4.90 Å². The average Bonchev–Trinajstić information content (AvgIpc) is 2.64. The summed E-state index contributed by atoms with van der Waals surface area (Å²) in [6.45, 7) is 2.12. The van der Waals surface area contributed by atoms with Gasteiger partial charge in [-0.2, -0.15) is 0 Å². The summed E-state index contributed by atoms with van der Waals surface area (Å²) >= 11 is 1.61. The Morgan fingerprint density at radius 3 is 2.72 bits per heavy atom. The molecule has 5 rings (SSSR count). The van der Waals surface area contributed by atoms with Crippen LogP contribution in [-0.4, -0.2) is 13.4 Å². The minimum atomic E-state index is -3.57. The quantitative estimate of drug-likeness (QED) is 0.429. The third-order valence-corrected chi connectivity index (χ3v) is 7.54. The fourth-order valence-electron chi connectivity index (χ4n) is 3.40. The molecule has 0 unspecified atom stereocenters. The van der Waals surface area contributed by atoms with Crippen LogP contribution >= 0.6 is 11.8 Å². The van der Waals surface area contributed by atoms with Crippen molar-refractivity contribution < 1.29 is 8.42 Å². The number of aromatic nitrogens is 1. The number of anilines is 3. The van der Waals surface area contributed by atoms with Crippen molar-refractivity contribution in [2.45, 2.75) is 32.9 Å². The molecule has 25 heavy (non-hydrogen) atoms. The van der Waals surface area contributed by atoms with Crippen LogP contribution in [0, 0.1) is 0 Å². The highest BCUT2D eigenvalue weighted by Crippen LogP contribution is 2.57. The molecule has 0 amide bonds. The fraction of sp³-hybridized carbons (Fsp3) is 0.105. The van der Waals surface area contributed by atoms with E-state index in [0.29, 0.717) is 10.7 Å². The number of hydrogen-bond donors (Lipinski definition) is 0. The Labute approximate surface area is 150 Å². The Morgan fingerprint density at radius 2 is 1.88 bits per heavy atom. The van der Waals surface area contributed by atoms with Crippen molar-refractivity contribution in [3.8, 4) is 0 Å². The lowest BCUT2D eigenvalue weighted by Gasteiger charge is -2.37. The number of benzene rings is 2. The van der Waals surface area contributed by atoms with Crippen molar-refractivity contribution in [3.63, 3.8) is 0 Å². The first-order valence-electron chi connectivity index (χ1n) is 8.05. The molecule has 1 aromatic heterocycles. The number of pyridine rings is 1. The molecule has 3 heterocycles. The number of sulfone groups is 1. The Kier molecular flexibility index (Phi) is 3.05. The van der Waals surface area contributed by atoms with E-state index in [1.54, 1.807) is 36.2 Å². The van der Waals surface area contributed by atoms with Crippen molar-refractivity contribution in [2.24, 2.45) is 0 Å². The second kappa shape index (κ2) is 5.09. The Hall–Kier alpha value is -2.31. The Bertz CT molecular complexity index is 1140. The highest BCUT2D eigenvalue weighted by atomic mass is 32.2. The van der Waals surface area contributed by atoms with Crippen LogP contribution in [0.25, 0.3) is 0 Å². The summed E-state index contributed by atoms with van der Waals surface area (Å²) in [5.41, 5.74) is 2.93. The van der Waals surface area contributed by atoms with E-state index in [1.165, 1.54) is 5.56 Å². The molecule has 0 aliphatic carbocycles. The van der Waals surface area contributed by atoms with Crippen LogP contribution in [0.3, 0.4) is 0 Å². The van der Waals surface area contributed by atoms with Gasteiger partial charge in [0.25, 0.3) is 0 Å². The number of rotatable bonds is 1. The van der Waals surface area contributed by atoms with E-state index in [4.69, 9.17) is 0 Å².